The first-order chi connectivity index (χ1) is 13.7. The number of hydrogen-bond acceptors (Lipinski definition) is 6. The minimum absolute atomic E-state index is 0.0446. The third-order valence-electron chi connectivity index (χ3n) is 4.86. The molecule has 156 valence electrons. The summed E-state index contributed by atoms with van der Waals surface area (Å²) in [6.45, 7) is 0.834. The minimum atomic E-state index is -2.96. The van der Waals surface area contributed by atoms with Gasteiger partial charge in [-0.05, 0) is 12.2 Å². The Labute approximate surface area is 164 Å². The number of nitrogens with one attached hydrogen (secondary N) is 2. The molecular formula is C18H20F4N6O. The van der Waals surface area contributed by atoms with E-state index in [1.165, 1.54) is 25.5 Å². The molecule has 0 bridgehead atoms. The van der Waals surface area contributed by atoms with Crippen LogP contribution in [0.1, 0.15) is 12.7 Å². The Balaban J connectivity index is 1.79. The zero-order chi connectivity index (χ0) is 21.2. The Bertz CT molecular complexity index is 900. The average molecular weight is 412 g/mol. The summed E-state index contributed by atoms with van der Waals surface area (Å²) in [4.78, 5) is 16.9. The lowest BCUT2D eigenvalue weighted by Crippen LogP contribution is -2.54. The lowest BCUT2D eigenvalue weighted by Gasteiger charge is -2.42. The summed E-state index contributed by atoms with van der Waals surface area (Å²) in [5.41, 5.74) is 0.0873. The van der Waals surface area contributed by atoms with Crippen LogP contribution in [0.25, 0.3) is 17.5 Å². The average Bonchev–Trinajstić information content (AvgIpc) is 3.17. The third-order valence-corrected chi connectivity index (χ3v) is 4.86. The monoisotopic (exact) mass is 412 g/mol. The highest BCUT2D eigenvalue weighted by Gasteiger charge is 2.49. The lowest BCUT2D eigenvalue weighted by molar-refractivity contribution is -0.124. The SMILES string of the molecule is CC1CN(c2cc(-c3cnc(/C=C\C(=N)C(F)F)[nH]3)ncn2)CC(CO)C1(F)F. The van der Waals surface area contributed by atoms with E-state index in [9.17, 15) is 22.7 Å². The summed E-state index contributed by atoms with van der Waals surface area (Å²) in [6.07, 6.45) is 2.07. The number of allylic oxidation sites excluding steroid dienone is 1. The fourth-order valence-electron chi connectivity index (χ4n) is 3.14. The highest BCUT2D eigenvalue weighted by molar-refractivity contribution is 5.97. The Kier molecular flexibility index (Phi) is 5.96. The van der Waals surface area contributed by atoms with E-state index in [0.29, 0.717) is 17.2 Å². The number of piperidine rings is 1. The molecule has 3 heterocycles. The van der Waals surface area contributed by atoms with Crippen LogP contribution in [0, 0.1) is 17.2 Å². The molecule has 11 heteroatoms. The summed E-state index contributed by atoms with van der Waals surface area (Å²) in [7, 11) is 0. The van der Waals surface area contributed by atoms with Crippen LogP contribution in [0.4, 0.5) is 23.4 Å². The van der Waals surface area contributed by atoms with E-state index in [4.69, 9.17) is 5.41 Å². The molecule has 0 saturated carbocycles. The van der Waals surface area contributed by atoms with Gasteiger partial charge in [0.05, 0.1) is 35.8 Å². The second kappa shape index (κ2) is 8.27. The van der Waals surface area contributed by atoms with E-state index in [1.54, 1.807) is 11.0 Å². The number of anilines is 1. The maximum Gasteiger partial charge on any atom is 0.279 e. The second-order valence-electron chi connectivity index (χ2n) is 6.89. The van der Waals surface area contributed by atoms with Crippen molar-refractivity contribution in [1.82, 2.24) is 19.9 Å². The molecule has 0 radical (unpaired) electrons. The fourth-order valence-corrected chi connectivity index (χ4v) is 3.14. The zero-order valence-electron chi connectivity index (χ0n) is 15.5. The van der Waals surface area contributed by atoms with E-state index in [-0.39, 0.29) is 18.9 Å². The van der Waals surface area contributed by atoms with Crippen molar-refractivity contribution in [3.63, 3.8) is 0 Å². The number of aliphatic hydroxyl groups is 1. The van der Waals surface area contributed by atoms with Crippen LogP contribution in [0.2, 0.25) is 0 Å². The van der Waals surface area contributed by atoms with E-state index >= 15 is 0 Å². The van der Waals surface area contributed by atoms with Crippen molar-refractivity contribution in [2.75, 3.05) is 24.6 Å². The van der Waals surface area contributed by atoms with Crippen LogP contribution in [-0.2, 0) is 0 Å². The van der Waals surface area contributed by atoms with E-state index in [2.05, 4.69) is 19.9 Å². The molecule has 7 nitrogen and oxygen atoms in total. The number of alkyl halides is 4. The predicted octanol–water partition coefficient (Wildman–Crippen LogP) is 2.86. The third kappa shape index (κ3) is 4.44. The molecule has 2 aromatic rings. The van der Waals surface area contributed by atoms with Gasteiger partial charge in [0.25, 0.3) is 12.3 Å². The van der Waals surface area contributed by atoms with Crippen molar-refractivity contribution >= 4 is 17.6 Å². The molecule has 1 fully saturated rings. The molecule has 3 rings (SSSR count). The van der Waals surface area contributed by atoms with Gasteiger partial charge in [-0.15, -0.1) is 0 Å². The molecular weight excluding hydrogens is 392 g/mol. The second-order valence-corrected chi connectivity index (χ2v) is 6.89. The number of imidazole rings is 1. The summed E-state index contributed by atoms with van der Waals surface area (Å²) in [5, 5.41) is 16.5. The summed E-state index contributed by atoms with van der Waals surface area (Å²) < 4.78 is 53.1. The number of halogens is 4. The van der Waals surface area contributed by atoms with Gasteiger partial charge in [0.2, 0.25) is 0 Å². The van der Waals surface area contributed by atoms with Crippen molar-refractivity contribution in [1.29, 1.82) is 5.41 Å². The highest BCUT2D eigenvalue weighted by Crippen LogP contribution is 2.38. The van der Waals surface area contributed by atoms with Crippen molar-refractivity contribution in [3.8, 4) is 11.4 Å². The Morgan fingerprint density at radius 1 is 1.38 bits per heavy atom. The van der Waals surface area contributed by atoms with Gasteiger partial charge in [0.1, 0.15) is 18.0 Å². The van der Waals surface area contributed by atoms with Gasteiger partial charge in [0.15, 0.2) is 0 Å². The molecule has 3 N–H and O–H groups in total. The van der Waals surface area contributed by atoms with Gasteiger partial charge < -0.3 is 15.0 Å². The molecule has 29 heavy (non-hydrogen) atoms. The number of nitrogens with zero attached hydrogens (tertiary/aromatic N) is 4. The molecule has 2 aromatic heterocycles. The van der Waals surface area contributed by atoms with Gasteiger partial charge in [-0.2, -0.15) is 0 Å². The van der Waals surface area contributed by atoms with Crippen LogP contribution in [-0.4, -0.2) is 62.8 Å². The van der Waals surface area contributed by atoms with Crippen molar-refractivity contribution in [3.05, 3.63) is 30.5 Å². The number of aromatic nitrogens is 4. The number of aliphatic hydroxyl groups excluding tert-OH is 1. The Hall–Kier alpha value is -2.82. The topological polar surface area (TPSA) is 102 Å². The zero-order valence-corrected chi connectivity index (χ0v) is 15.5. The van der Waals surface area contributed by atoms with Gasteiger partial charge >= 0.3 is 0 Å². The molecule has 1 aliphatic rings. The van der Waals surface area contributed by atoms with Gasteiger partial charge in [-0.25, -0.2) is 32.5 Å². The number of rotatable bonds is 6. The fraction of sp³-hybridized carbons (Fsp3) is 0.444. The molecule has 0 aliphatic carbocycles. The lowest BCUT2D eigenvalue weighted by atomic mass is 9.86. The standard InChI is InChI=1S/C18H20F4N6O/c1-10-6-28(7-11(8-29)18(10,21)22)16-4-13(25-9-26-16)14-5-24-15(27-14)3-2-12(23)17(19)20/h2-5,9-11,17,23,29H,6-8H2,1H3,(H,24,27)/b3-2-,23-12?. The molecule has 1 aliphatic heterocycles. The molecule has 2 atom stereocenters. The van der Waals surface area contributed by atoms with Crippen molar-refractivity contribution in [2.24, 2.45) is 11.8 Å². The quantitative estimate of drug-likeness (QED) is 0.500. The number of H-pyrrole nitrogens is 1. The number of hydrogen-bond donors (Lipinski definition) is 3. The van der Waals surface area contributed by atoms with Crippen LogP contribution in [0.3, 0.4) is 0 Å². The Morgan fingerprint density at radius 2 is 2.14 bits per heavy atom. The van der Waals surface area contributed by atoms with Crippen LogP contribution in [0.5, 0.6) is 0 Å². The molecule has 2 unspecified atom stereocenters. The normalized spacial score (nSPS) is 21.8. The van der Waals surface area contributed by atoms with Crippen LogP contribution < -0.4 is 4.90 Å². The first-order valence-corrected chi connectivity index (χ1v) is 8.88. The summed E-state index contributed by atoms with van der Waals surface area (Å²) >= 11 is 0. The van der Waals surface area contributed by atoms with E-state index in [0.717, 1.165) is 6.08 Å². The van der Waals surface area contributed by atoms with E-state index in [1.807, 2.05) is 0 Å². The summed E-state index contributed by atoms with van der Waals surface area (Å²) in [5.74, 6) is -4.42. The largest absolute Gasteiger partial charge is 0.396 e. The molecule has 0 amide bonds. The number of aromatic amines is 1. The van der Waals surface area contributed by atoms with Crippen LogP contribution >= 0.6 is 0 Å². The van der Waals surface area contributed by atoms with Crippen molar-refractivity contribution < 1.29 is 22.7 Å². The molecule has 0 aromatic carbocycles. The molecule has 1 saturated heterocycles. The highest BCUT2D eigenvalue weighted by atomic mass is 19.3. The Morgan fingerprint density at radius 3 is 2.83 bits per heavy atom. The first-order valence-electron chi connectivity index (χ1n) is 8.88. The minimum Gasteiger partial charge on any atom is -0.396 e. The maximum absolute atomic E-state index is 14.2. The van der Waals surface area contributed by atoms with Crippen LogP contribution in [0.15, 0.2) is 24.7 Å². The van der Waals surface area contributed by atoms with Gasteiger partial charge in [0, 0.05) is 25.1 Å². The van der Waals surface area contributed by atoms with Crippen molar-refractivity contribution in [2.45, 2.75) is 19.3 Å². The van der Waals surface area contributed by atoms with E-state index < -0.39 is 36.5 Å². The molecule has 0 spiro atoms. The van der Waals surface area contributed by atoms with Gasteiger partial charge in [-0.1, -0.05) is 6.92 Å². The predicted molar refractivity (Wildman–Crippen MR) is 99.3 cm³/mol. The first kappa shape index (κ1) is 20.9. The van der Waals surface area contributed by atoms with Gasteiger partial charge in [-0.3, -0.25) is 5.41 Å². The summed E-state index contributed by atoms with van der Waals surface area (Å²) in [6, 6.07) is 1.60. The smallest absolute Gasteiger partial charge is 0.279 e. The maximum atomic E-state index is 14.2.